The summed E-state index contributed by atoms with van der Waals surface area (Å²) in [5, 5.41) is 7.56. The van der Waals surface area contributed by atoms with Crippen LogP contribution in [0.25, 0.3) is 10.6 Å². The van der Waals surface area contributed by atoms with E-state index in [4.69, 9.17) is 9.97 Å². The van der Waals surface area contributed by atoms with E-state index in [1.54, 1.807) is 22.7 Å². The van der Waals surface area contributed by atoms with Gasteiger partial charge in [0.2, 0.25) is 0 Å². The largest absolute Gasteiger partial charge is 0.291 e. The van der Waals surface area contributed by atoms with Gasteiger partial charge in [0.05, 0.1) is 11.4 Å². The normalized spacial score (nSPS) is 14.8. The molecule has 3 aromatic rings. The molecular formula is C17H18N4S2. The summed E-state index contributed by atoms with van der Waals surface area (Å²) < 4.78 is 0. The lowest BCUT2D eigenvalue weighted by molar-refractivity contribution is 0.238. The van der Waals surface area contributed by atoms with Gasteiger partial charge in [0.15, 0.2) is 0 Å². The highest BCUT2D eigenvalue weighted by molar-refractivity contribution is 7.14. The van der Waals surface area contributed by atoms with Gasteiger partial charge < -0.3 is 0 Å². The molecule has 4 nitrogen and oxygen atoms in total. The smallest absolute Gasteiger partial charge is 0.128 e. The van der Waals surface area contributed by atoms with Crippen molar-refractivity contribution in [2.75, 3.05) is 6.54 Å². The van der Waals surface area contributed by atoms with Crippen molar-refractivity contribution in [3.05, 3.63) is 51.2 Å². The lowest BCUT2D eigenvalue weighted by Crippen LogP contribution is -2.31. The van der Waals surface area contributed by atoms with Gasteiger partial charge in [-0.2, -0.15) is 11.3 Å². The number of nitrogens with zero attached hydrogens (tertiary/aromatic N) is 4. The molecule has 0 fully saturated rings. The van der Waals surface area contributed by atoms with E-state index in [0.29, 0.717) is 0 Å². The Morgan fingerprint density at radius 2 is 2.22 bits per heavy atom. The predicted molar refractivity (Wildman–Crippen MR) is 94.7 cm³/mol. The van der Waals surface area contributed by atoms with Crippen molar-refractivity contribution in [3.8, 4) is 10.6 Å². The third-order valence-corrected chi connectivity index (χ3v) is 5.72. The molecule has 23 heavy (non-hydrogen) atoms. The molecule has 6 heteroatoms. The van der Waals surface area contributed by atoms with E-state index in [0.717, 1.165) is 49.0 Å². The van der Waals surface area contributed by atoms with Gasteiger partial charge >= 0.3 is 0 Å². The van der Waals surface area contributed by atoms with Crippen molar-refractivity contribution in [2.45, 2.75) is 32.9 Å². The van der Waals surface area contributed by atoms with E-state index in [1.165, 1.54) is 16.8 Å². The van der Waals surface area contributed by atoms with Gasteiger partial charge in [0.1, 0.15) is 10.8 Å². The van der Waals surface area contributed by atoms with Gasteiger partial charge in [-0.15, -0.1) is 11.3 Å². The molecule has 0 aromatic carbocycles. The van der Waals surface area contributed by atoms with Crippen LogP contribution in [0.2, 0.25) is 0 Å². The first-order chi connectivity index (χ1) is 11.3. The van der Waals surface area contributed by atoms with Crippen molar-refractivity contribution in [1.29, 1.82) is 0 Å². The first-order valence-corrected chi connectivity index (χ1v) is 9.67. The summed E-state index contributed by atoms with van der Waals surface area (Å²) in [6, 6.07) is 2.13. The Hall–Kier alpha value is -1.63. The van der Waals surface area contributed by atoms with Gasteiger partial charge in [-0.25, -0.2) is 15.0 Å². The van der Waals surface area contributed by atoms with Crippen LogP contribution in [0.4, 0.5) is 0 Å². The minimum Gasteiger partial charge on any atom is -0.291 e. The Kier molecular flexibility index (Phi) is 4.20. The summed E-state index contributed by atoms with van der Waals surface area (Å²) in [5.74, 6) is 0.944. The molecule has 0 N–H and O–H groups in total. The number of aryl methyl sites for hydroxylation is 1. The molecule has 0 unspecified atom stereocenters. The van der Waals surface area contributed by atoms with E-state index in [9.17, 15) is 0 Å². The Morgan fingerprint density at radius 3 is 3.04 bits per heavy atom. The third kappa shape index (κ3) is 3.20. The minimum absolute atomic E-state index is 0.892. The van der Waals surface area contributed by atoms with Crippen molar-refractivity contribution in [1.82, 2.24) is 19.9 Å². The molecular weight excluding hydrogens is 324 g/mol. The second-order valence-corrected chi connectivity index (χ2v) is 7.37. The molecule has 0 bridgehead atoms. The maximum absolute atomic E-state index is 4.79. The van der Waals surface area contributed by atoms with E-state index in [2.05, 4.69) is 39.0 Å². The van der Waals surface area contributed by atoms with Gasteiger partial charge in [0, 0.05) is 48.6 Å². The van der Waals surface area contributed by atoms with Gasteiger partial charge in [-0.1, -0.05) is 6.92 Å². The van der Waals surface area contributed by atoms with Crippen molar-refractivity contribution >= 4 is 22.7 Å². The fourth-order valence-corrected chi connectivity index (χ4v) is 4.35. The zero-order valence-electron chi connectivity index (χ0n) is 13.0. The highest BCUT2D eigenvalue weighted by atomic mass is 32.1. The molecule has 0 saturated carbocycles. The number of thiazole rings is 1. The number of rotatable bonds is 4. The maximum Gasteiger partial charge on any atom is 0.128 e. The standard InChI is InChI=1S/C17H18N4S2/c1-2-16-18-7-12-3-5-21(9-15(12)20-16)8-14-11-23-17(19-14)13-4-6-22-10-13/h4,6-7,10-11H,2-3,5,8-9H2,1H3. The second kappa shape index (κ2) is 6.47. The molecule has 3 aromatic heterocycles. The molecule has 1 aliphatic heterocycles. The molecule has 0 atom stereocenters. The molecule has 0 saturated heterocycles. The lowest BCUT2D eigenvalue weighted by Gasteiger charge is -2.27. The number of thiophene rings is 1. The van der Waals surface area contributed by atoms with Crippen LogP contribution < -0.4 is 0 Å². The SMILES string of the molecule is CCc1ncc2c(n1)CN(Cc1csc(-c3ccsc3)n1)CC2. The molecule has 4 rings (SSSR count). The lowest BCUT2D eigenvalue weighted by atomic mass is 10.1. The monoisotopic (exact) mass is 342 g/mol. The summed E-state index contributed by atoms with van der Waals surface area (Å²) in [6.45, 7) is 4.94. The zero-order valence-corrected chi connectivity index (χ0v) is 14.7. The number of hydrogen-bond donors (Lipinski definition) is 0. The maximum atomic E-state index is 4.79. The molecule has 0 amide bonds. The fourth-order valence-electron chi connectivity index (χ4n) is 2.83. The van der Waals surface area contributed by atoms with E-state index < -0.39 is 0 Å². The van der Waals surface area contributed by atoms with Crippen LogP contribution in [0.15, 0.2) is 28.4 Å². The van der Waals surface area contributed by atoms with Crippen LogP contribution >= 0.6 is 22.7 Å². The molecule has 0 aliphatic carbocycles. The average Bonchev–Trinajstić information content (AvgIpc) is 3.25. The first kappa shape index (κ1) is 14.9. The van der Waals surface area contributed by atoms with Crippen LogP contribution in [-0.4, -0.2) is 26.4 Å². The summed E-state index contributed by atoms with van der Waals surface area (Å²) in [5.41, 5.74) is 4.88. The van der Waals surface area contributed by atoms with E-state index >= 15 is 0 Å². The van der Waals surface area contributed by atoms with Crippen LogP contribution in [0.3, 0.4) is 0 Å². The summed E-state index contributed by atoms with van der Waals surface area (Å²) in [6.07, 6.45) is 3.93. The predicted octanol–water partition coefficient (Wildman–Crippen LogP) is 3.78. The Bertz CT molecular complexity index is 795. The zero-order chi connectivity index (χ0) is 15.6. The molecule has 1 aliphatic rings. The quantitative estimate of drug-likeness (QED) is 0.723. The Labute approximate surface area is 143 Å². The molecule has 0 spiro atoms. The van der Waals surface area contributed by atoms with Crippen molar-refractivity contribution < 1.29 is 0 Å². The summed E-state index contributed by atoms with van der Waals surface area (Å²) >= 11 is 3.45. The fraction of sp³-hybridized carbons (Fsp3) is 0.353. The Balaban J connectivity index is 1.48. The van der Waals surface area contributed by atoms with Crippen molar-refractivity contribution in [2.24, 2.45) is 0 Å². The first-order valence-electron chi connectivity index (χ1n) is 7.85. The number of hydrogen-bond acceptors (Lipinski definition) is 6. The topological polar surface area (TPSA) is 41.9 Å². The van der Waals surface area contributed by atoms with Crippen LogP contribution in [0.1, 0.15) is 29.7 Å². The summed E-state index contributed by atoms with van der Waals surface area (Å²) in [4.78, 5) is 16.3. The van der Waals surface area contributed by atoms with Gasteiger partial charge in [-0.3, -0.25) is 4.90 Å². The molecule has 0 radical (unpaired) electrons. The highest BCUT2D eigenvalue weighted by Crippen LogP contribution is 2.27. The third-order valence-electron chi connectivity index (χ3n) is 4.10. The van der Waals surface area contributed by atoms with E-state index in [1.807, 2.05) is 6.20 Å². The highest BCUT2D eigenvalue weighted by Gasteiger charge is 2.19. The van der Waals surface area contributed by atoms with Crippen molar-refractivity contribution in [3.63, 3.8) is 0 Å². The van der Waals surface area contributed by atoms with Gasteiger partial charge in [-0.05, 0) is 23.4 Å². The number of fused-ring (bicyclic) bond motifs is 1. The van der Waals surface area contributed by atoms with Gasteiger partial charge in [0.25, 0.3) is 0 Å². The Morgan fingerprint density at radius 1 is 1.26 bits per heavy atom. The average molecular weight is 342 g/mol. The minimum atomic E-state index is 0.892. The van der Waals surface area contributed by atoms with E-state index in [-0.39, 0.29) is 0 Å². The van der Waals surface area contributed by atoms with Crippen LogP contribution in [0, 0.1) is 0 Å². The van der Waals surface area contributed by atoms with Crippen LogP contribution in [-0.2, 0) is 25.9 Å². The second-order valence-electron chi connectivity index (χ2n) is 5.73. The molecule has 118 valence electrons. The number of aromatic nitrogens is 3. The summed E-state index contributed by atoms with van der Waals surface area (Å²) in [7, 11) is 0. The molecule has 4 heterocycles. The van der Waals surface area contributed by atoms with Crippen LogP contribution in [0.5, 0.6) is 0 Å².